The van der Waals surface area contributed by atoms with Gasteiger partial charge in [-0.15, -0.1) is 11.3 Å². The monoisotopic (exact) mass is 344 g/mol. The Morgan fingerprint density at radius 3 is 2.96 bits per heavy atom. The maximum atomic E-state index is 12.1. The first-order chi connectivity index (χ1) is 11.8. The van der Waals surface area contributed by atoms with Crippen LogP contribution in [0.15, 0.2) is 29.6 Å². The Morgan fingerprint density at radius 1 is 1.33 bits per heavy atom. The van der Waals surface area contributed by atoms with Crippen LogP contribution < -0.4 is 10.1 Å². The molecule has 0 spiro atoms. The molecule has 1 aliphatic carbocycles. The predicted molar refractivity (Wildman–Crippen MR) is 97.4 cm³/mol. The van der Waals surface area contributed by atoms with Gasteiger partial charge in [-0.1, -0.05) is 31.4 Å². The summed E-state index contributed by atoms with van der Waals surface area (Å²) in [7, 11) is 1.67. The lowest BCUT2D eigenvalue weighted by molar-refractivity contribution is -0.125. The number of carbonyl (C=O) groups excluding carboxylic acids is 1. The highest BCUT2D eigenvalue weighted by Crippen LogP contribution is 2.27. The van der Waals surface area contributed by atoms with Crippen LogP contribution in [0.25, 0.3) is 10.6 Å². The van der Waals surface area contributed by atoms with Gasteiger partial charge in [-0.2, -0.15) is 0 Å². The van der Waals surface area contributed by atoms with E-state index in [0.717, 1.165) is 41.3 Å². The van der Waals surface area contributed by atoms with Gasteiger partial charge >= 0.3 is 0 Å². The highest BCUT2D eigenvalue weighted by molar-refractivity contribution is 7.13. The summed E-state index contributed by atoms with van der Waals surface area (Å²) in [5.74, 6) is 1.28. The molecule has 1 aromatic carbocycles. The second-order valence-electron chi connectivity index (χ2n) is 6.25. The summed E-state index contributed by atoms with van der Waals surface area (Å²) < 4.78 is 5.26. The molecular weight excluding hydrogens is 320 g/mol. The summed E-state index contributed by atoms with van der Waals surface area (Å²) in [4.78, 5) is 16.8. The number of amides is 1. The van der Waals surface area contributed by atoms with E-state index in [2.05, 4.69) is 15.7 Å². The number of aromatic nitrogens is 1. The van der Waals surface area contributed by atoms with Crippen LogP contribution in [0.4, 0.5) is 0 Å². The van der Waals surface area contributed by atoms with Crippen molar-refractivity contribution in [3.63, 3.8) is 0 Å². The third-order valence-corrected chi connectivity index (χ3v) is 5.46. The number of methoxy groups -OCH3 is 1. The number of nitrogens with zero attached hydrogens (tertiary/aromatic N) is 1. The normalized spacial score (nSPS) is 15.2. The third kappa shape index (κ3) is 4.35. The van der Waals surface area contributed by atoms with Crippen LogP contribution in [0, 0.1) is 5.92 Å². The first-order valence-corrected chi connectivity index (χ1v) is 9.51. The van der Waals surface area contributed by atoms with Crippen LogP contribution >= 0.6 is 11.3 Å². The third-order valence-electron chi connectivity index (χ3n) is 4.52. The number of hydrogen-bond acceptors (Lipinski definition) is 4. The molecule has 1 saturated carbocycles. The quantitative estimate of drug-likeness (QED) is 0.860. The summed E-state index contributed by atoms with van der Waals surface area (Å²) in [5, 5.41) is 6.13. The lowest BCUT2D eigenvalue weighted by Crippen LogP contribution is -2.33. The fraction of sp³-hybridized carbons (Fsp3) is 0.474. The maximum absolute atomic E-state index is 12.1. The van der Waals surface area contributed by atoms with Crippen molar-refractivity contribution in [2.75, 3.05) is 13.7 Å². The molecule has 0 saturated heterocycles. The van der Waals surface area contributed by atoms with Gasteiger partial charge in [0.15, 0.2) is 0 Å². The average Bonchev–Trinajstić information content (AvgIpc) is 3.11. The van der Waals surface area contributed by atoms with Crippen molar-refractivity contribution < 1.29 is 9.53 Å². The molecule has 1 heterocycles. The molecule has 5 heteroatoms. The van der Waals surface area contributed by atoms with Crippen LogP contribution in [-0.4, -0.2) is 24.5 Å². The first kappa shape index (κ1) is 17.0. The van der Waals surface area contributed by atoms with Crippen LogP contribution in [0.2, 0.25) is 0 Å². The topological polar surface area (TPSA) is 51.2 Å². The molecular formula is C19H24N2O2S. The van der Waals surface area contributed by atoms with E-state index >= 15 is 0 Å². The second-order valence-corrected chi connectivity index (χ2v) is 7.11. The van der Waals surface area contributed by atoms with Gasteiger partial charge in [-0.25, -0.2) is 4.98 Å². The van der Waals surface area contributed by atoms with Gasteiger partial charge in [0, 0.05) is 29.8 Å². The minimum atomic E-state index is 0.220. The van der Waals surface area contributed by atoms with Crippen molar-refractivity contribution in [2.45, 2.75) is 38.5 Å². The number of ether oxygens (including phenoxy) is 1. The Bertz CT molecular complexity index is 678. The van der Waals surface area contributed by atoms with Gasteiger partial charge in [0.05, 0.1) is 12.8 Å². The number of benzene rings is 1. The largest absolute Gasteiger partial charge is 0.497 e. The average molecular weight is 344 g/mol. The molecule has 0 aliphatic heterocycles. The fourth-order valence-electron chi connectivity index (χ4n) is 3.13. The van der Waals surface area contributed by atoms with Gasteiger partial charge in [0.2, 0.25) is 5.91 Å². The van der Waals surface area contributed by atoms with E-state index in [1.54, 1.807) is 18.4 Å². The van der Waals surface area contributed by atoms with Crippen molar-refractivity contribution in [3.8, 4) is 16.3 Å². The number of nitrogens with one attached hydrogen (secondary N) is 1. The maximum Gasteiger partial charge on any atom is 0.223 e. The minimum Gasteiger partial charge on any atom is -0.497 e. The molecule has 1 aliphatic rings. The van der Waals surface area contributed by atoms with E-state index < -0.39 is 0 Å². The van der Waals surface area contributed by atoms with E-state index in [9.17, 15) is 4.79 Å². The number of carbonyl (C=O) groups is 1. The molecule has 0 unspecified atom stereocenters. The molecule has 1 amide bonds. The molecule has 0 bridgehead atoms. The van der Waals surface area contributed by atoms with Crippen molar-refractivity contribution >= 4 is 17.2 Å². The van der Waals surface area contributed by atoms with E-state index in [1.165, 1.54) is 19.3 Å². The van der Waals surface area contributed by atoms with Crippen LogP contribution in [0.1, 0.15) is 37.8 Å². The summed E-state index contributed by atoms with van der Waals surface area (Å²) in [5.41, 5.74) is 2.10. The van der Waals surface area contributed by atoms with E-state index in [4.69, 9.17) is 4.74 Å². The van der Waals surface area contributed by atoms with Crippen molar-refractivity contribution in [3.05, 3.63) is 35.3 Å². The Kier molecular flexibility index (Phi) is 5.86. The smallest absolute Gasteiger partial charge is 0.223 e. The van der Waals surface area contributed by atoms with Crippen LogP contribution in [0.3, 0.4) is 0 Å². The van der Waals surface area contributed by atoms with Crippen molar-refractivity contribution in [2.24, 2.45) is 5.92 Å². The Morgan fingerprint density at radius 2 is 2.17 bits per heavy atom. The van der Waals surface area contributed by atoms with E-state index in [-0.39, 0.29) is 11.8 Å². The zero-order valence-corrected chi connectivity index (χ0v) is 14.9. The Hall–Kier alpha value is -1.88. The van der Waals surface area contributed by atoms with Gasteiger partial charge in [0.1, 0.15) is 10.8 Å². The molecule has 24 heavy (non-hydrogen) atoms. The molecule has 0 radical (unpaired) electrons. The molecule has 2 aromatic rings. The van der Waals surface area contributed by atoms with Crippen molar-refractivity contribution in [1.82, 2.24) is 10.3 Å². The standard InChI is InChI=1S/C19H24N2O2S/c1-23-17-9-5-8-15(12-17)19-21-16(13-24-19)10-11-20-18(22)14-6-3-2-4-7-14/h5,8-9,12-14H,2-4,6-7,10-11H2,1H3,(H,20,22). The number of thiazole rings is 1. The van der Waals surface area contributed by atoms with Crippen LogP contribution in [0.5, 0.6) is 5.75 Å². The molecule has 1 fully saturated rings. The van der Waals surface area contributed by atoms with Gasteiger partial charge in [-0.3, -0.25) is 4.79 Å². The Balaban J connectivity index is 1.51. The van der Waals surface area contributed by atoms with Crippen molar-refractivity contribution in [1.29, 1.82) is 0 Å². The zero-order chi connectivity index (χ0) is 16.8. The highest BCUT2D eigenvalue weighted by atomic mass is 32.1. The number of hydrogen-bond donors (Lipinski definition) is 1. The molecule has 1 N–H and O–H groups in total. The summed E-state index contributed by atoms with van der Waals surface area (Å²) in [6, 6.07) is 7.93. The molecule has 0 atom stereocenters. The lowest BCUT2D eigenvalue weighted by Gasteiger charge is -2.20. The zero-order valence-electron chi connectivity index (χ0n) is 14.1. The van der Waals surface area contributed by atoms with E-state index in [0.29, 0.717) is 6.54 Å². The fourth-order valence-corrected chi connectivity index (χ4v) is 3.98. The molecule has 1 aromatic heterocycles. The van der Waals surface area contributed by atoms with E-state index in [1.807, 2.05) is 24.3 Å². The van der Waals surface area contributed by atoms with Gasteiger partial charge in [-0.05, 0) is 25.0 Å². The predicted octanol–water partition coefficient (Wildman–Crippen LogP) is 4.06. The van der Waals surface area contributed by atoms with Crippen LogP contribution in [-0.2, 0) is 11.2 Å². The molecule has 4 nitrogen and oxygen atoms in total. The minimum absolute atomic E-state index is 0.220. The molecule has 3 rings (SSSR count). The summed E-state index contributed by atoms with van der Waals surface area (Å²) in [6.45, 7) is 0.663. The first-order valence-electron chi connectivity index (χ1n) is 8.63. The summed E-state index contributed by atoms with van der Waals surface area (Å²) in [6.07, 6.45) is 6.52. The Labute approximate surface area is 147 Å². The number of rotatable bonds is 6. The lowest BCUT2D eigenvalue weighted by atomic mass is 9.89. The van der Waals surface area contributed by atoms with Gasteiger partial charge in [0.25, 0.3) is 0 Å². The SMILES string of the molecule is COc1cccc(-c2nc(CCNC(=O)C3CCCCC3)cs2)c1. The summed E-state index contributed by atoms with van der Waals surface area (Å²) >= 11 is 1.63. The van der Waals surface area contributed by atoms with Gasteiger partial charge < -0.3 is 10.1 Å². The molecule has 128 valence electrons. The highest BCUT2D eigenvalue weighted by Gasteiger charge is 2.20. The second kappa shape index (κ2) is 8.29.